The summed E-state index contributed by atoms with van der Waals surface area (Å²) >= 11 is 0. The van der Waals surface area contributed by atoms with Gasteiger partial charge in [-0.3, -0.25) is 4.98 Å². The van der Waals surface area contributed by atoms with E-state index in [1.807, 2.05) is 24.3 Å². The van der Waals surface area contributed by atoms with Crippen molar-refractivity contribution in [1.82, 2.24) is 10.3 Å². The Morgan fingerprint density at radius 1 is 1.24 bits per heavy atom. The summed E-state index contributed by atoms with van der Waals surface area (Å²) in [6, 6.07) is 12.1. The molecule has 4 heteroatoms. The van der Waals surface area contributed by atoms with E-state index in [0.717, 1.165) is 29.8 Å². The van der Waals surface area contributed by atoms with Crippen LogP contribution in [0.5, 0.6) is 0 Å². The van der Waals surface area contributed by atoms with Crippen molar-refractivity contribution in [3.8, 4) is 0 Å². The van der Waals surface area contributed by atoms with Gasteiger partial charge in [0.25, 0.3) is 0 Å². The summed E-state index contributed by atoms with van der Waals surface area (Å²) in [6.07, 6.45) is 2.77. The summed E-state index contributed by atoms with van der Waals surface area (Å²) in [7, 11) is 0. The number of halogens is 1. The first kappa shape index (κ1) is 13.8. The molecule has 3 rings (SSSR count). The SMILES string of the molecule is CCCNC(c1ccccn1)c1cc2cc(F)ccc2o1. The second kappa shape index (κ2) is 6.06. The maximum atomic E-state index is 13.3. The molecule has 0 saturated heterocycles. The zero-order valence-corrected chi connectivity index (χ0v) is 11.8. The van der Waals surface area contributed by atoms with Crippen LogP contribution in [0.3, 0.4) is 0 Å². The lowest BCUT2D eigenvalue weighted by Crippen LogP contribution is -2.23. The number of fused-ring (bicyclic) bond motifs is 1. The van der Waals surface area contributed by atoms with Crippen molar-refractivity contribution in [2.45, 2.75) is 19.4 Å². The number of benzene rings is 1. The summed E-state index contributed by atoms with van der Waals surface area (Å²) in [4.78, 5) is 4.40. The van der Waals surface area contributed by atoms with Gasteiger partial charge in [-0.2, -0.15) is 0 Å². The summed E-state index contributed by atoms with van der Waals surface area (Å²) in [6.45, 7) is 2.96. The number of aromatic nitrogens is 1. The minimum absolute atomic E-state index is 0.124. The molecule has 0 radical (unpaired) electrons. The molecule has 1 N–H and O–H groups in total. The van der Waals surface area contributed by atoms with E-state index in [2.05, 4.69) is 17.2 Å². The summed E-state index contributed by atoms with van der Waals surface area (Å²) in [5, 5.41) is 4.20. The molecule has 0 aliphatic rings. The normalized spacial score (nSPS) is 12.7. The standard InChI is InChI=1S/C17H17FN2O/c1-2-8-20-17(14-5-3-4-9-19-14)16-11-12-10-13(18)6-7-15(12)21-16/h3-7,9-11,17,20H,2,8H2,1H3. The Morgan fingerprint density at radius 2 is 2.14 bits per heavy atom. The molecule has 0 bridgehead atoms. The molecule has 0 aliphatic carbocycles. The van der Waals surface area contributed by atoms with Crippen molar-refractivity contribution in [3.05, 3.63) is 65.9 Å². The summed E-state index contributed by atoms with van der Waals surface area (Å²) in [5.41, 5.74) is 1.58. The van der Waals surface area contributed by atoms with Crippen molar-refractivity contribution in [2.75, 3.05) is 6.54 Å². The number of rotatable bonds is 5. The van der Waals surface area contributed by atoms with Crippen LogP contribution in [-0.2, 0) is 0 Å². The highest BCUT2D eigenvalue weighted by molar-refractivity contribution is 5.78. The molecule has 1 unspecified atom stereocenters. The first-order valence-electron chi connectivity index (χ1n) is 7.11. The van der Waals surface area contributed by atoms with E-state index >= 15 is 0 Å². The maximum Gasteiger partial charge on any atom is 0.134 e. The molecule has 0 aliphatic heterocycles. The fourth-order valence-corrected chi connectivity index (χ4v) is 2.36. The number of nitrogens with one attached hydrogen (secondary N) is 1. The second-order valence-electron chi connectivity index (χ2n) is 4.97. The Kier molecular flexibility index (Phi) is 3.97. The molecule has 0 amide bonds. The van der Waals surface area contributed by atoms with Gasteiger partial charge in [0.05, 0.1) is 5.69 Å². The Hall–Kier alpha value is -2.20. The van der Waals surface area contributed by atoms with E-state index in [1.165, 1.54) is 12.1 Å². The molecule has 1 aromatic carbocycles. The summed E-state index contributed by atoms with van der Waals surface area (Å²) < 4.78 is 19.2. The van der Waals surface area contributed by atoms with Gasteiger partial charge in [-0.15, -0.1) is 0 Å². The van der Waals surface area contributed by atoms with Crippen molar-refractivity contribution in [1.29, 1.82) is 0 Å². The van der Waals surface area contributed by atoms with Crippen LogP contribution >= 0.6 is 0 Å². The van der Waals surface area contributed by atoms with Crippen LogP contribution < -0.4 is 5.32 Å². The largest absolute Gasteiger partial charge is 0.459 e. The van der Waals surface area contributed by atoms with Crippen LogP contribution in [0.15, 0.2) is 53.1 Å². The highest BCUT2D eigenvalue weighted by Gasteiger charge is 2.19. The lowest BCUT2D eigenvalue weighted by molar-refractivity contribution is 0.463. The van der Waals surface area contributed by atoms with Gasteiger partial charge in [0.15, 0.2) is 0 Å². The minimum atomic E-state index is -0.259. The zero-order valence-electron chi connectivity index (χ0n) is 11.8. The highest BCUT2D eigenvalue weighted by atomic mass is 19.1. The number of pyridine rings is 1. The third kappa shape index (κ3) is 2.95. The first-order valence-corrected chi connectivity index (χ1v) is 7.11. The lowest BCUT2D eigenvalue weighted by Gasteiger charge is -2.15. The Morgan fingerprint density at radius 3 is 2.90 bits per heavy atom. The molecule has 0 saturated carbocycles. The van der Waals surface area contributed by atoms with Crippen molar-refractivity contribution < 1.29 is 8.81 Å². The molecule has 1 atom stereocenters. The molecule has 108 valence electrons. The third-order valence-electron chi connectivity index (χ3n) is 3.36. The predicted octanol–water partition coefficient (Wildman–Crippen LogP) is 4.06. The zero-order chi connectivity index (χ0) is 14.7. The van der Waals surface area contributed by atoms with Gasteiger partial charge in [-0.05, 0) is 49.4 Å². The van der Waals surface area contributed by atoms with Gasteiger partial charge in [0, 0.05) is 11.6 Å². The Bertz CT molecular complexity index is 724. The molecule has 3 aromatic rings. The van der Waals surface area contributed by atoms with Gasteiger partial charge in [-0.25, -0.2) is 4.39 Å². The van der Waals surface area contributed by atoms with Crippen LogP contribution in [-0.4, -0.2) is 11.5 Å². The average Bonchev–Trinajstić information content (AvgIpc) is 2.91. The summed E-state index contributed by atoms with van der Waals surface area (Å²) in [5.74, 6) is 0.494. The van der Waals surface area contributed by atoms with Crippen molar-refractivity contribution >= 4 is 11.0 Å². The predicted molar refractivity (Wildman–Crippen MR) is 80.5 cm³/mol. The van der Waals surface area contributed by atoms with Gasteiger partial charge in [-0.1, -0.05) is 13.0 Å². The molecule has 21 heavy (non-hydrogen) atoms. The van der Waals surface area contributed by atoms with E-state index in [-0.39, 0.29) is 11.9 Å². The molecular formula is C17H17FN2O. The molecular weight excluding hydrogens is 267 g/mol. The van der Waals surface area contributed by atoms with Crippen LogP contribution in [0, 0.1) is 5.82 Å². The maximum absolute atomic E-state index is 13.3. The third-order valence-corrected chi connectivity index (χ3v) is 3.36. The monoisotopic (exact) mass is 284 g/mol. The molecule has 3 nitrogen and oxygen atoms in total. The van der Waals surface area contributed by atoms with Crippen LogP contribution in [0.25, 0.3) is 11.0 Å². The van der Waals surface area contributed by atoms with Crippen LogP contribution in [0.2, 0.25) is 0 Å². The van der Waals surface area contributed by atoms with Gasteiger partial charge in [0.1, 0.15) is 23.2 Å². The molecule has 0 spiro atoms. The van der Waals surface area contributed by atoms with Crippen molar-refractivity contribution in [3.63, 3.8) is 0 Å². The van der Waals surface area contributed by atoms with Crippen LogP contribution in [0.1, 0.15) is 30.8 Å². The quantitative estimate of drug-likeness (QED) is 0.768. The Balaban J connectivity index is 2.01. The van der Waals surface area contributed by atoms with E-state index in [9.17, 15) is 4.39 Å². The average molecular weight is 284 g/mol. The van der Waals surface area contributed by atoms with E-state index in [0.29, 0.717) is 5.58 Å². The molecule has 2 heterocycles. The number of nitrogens with zero attached hydrogens (tertiary/aromatic N) is 1. The minimum Gasteiger partial charge on any atom is -0.459 e. The second-order valence-corrected chi connectivity index (χ2v) is 4.97. The van der Waals surface area contributed by atoms with E-state index in [1.54, 1.807) is 12.3 Å². The number of hydrogen-bond donors (Lipinski definition) is 1. The van der Waals surface area contributed by atoms with Gasteiger partial charge < -0.3 is 9.73 Å². The smallest absolute Gasteiger partial charge is 0.134 e. The fraction of sp³-hybridized carbons (Fsp3) is 0.235. The van der Waals surface area contributed by atoms with E-state index < -0.39 is 0 Å². The number of hydrogen-bond acceptors (Lipinski definition) is 3. The lowest BCUT2D eigenvalue weighted by atomic mass is 10.1. The van der Waals surface area contributed by atoms with Gasteiger partial charge in [0.2, 0.25) is 0 Å². The van der Waals surface area contributed by atoms with Crippen molar-refractivity contribution in [2.24, 2.45) is 0 Å². The van der Waals surface area contributed by atoms with Crippen LogP contribution in [0.4, 0.5) is 4.39 Å². The fourth-order valence-electron chi connectivity index (χ4n) is 2.36. The Labute approximate surface area is 122 Å². The van der Waals surface area contributed by atoms with E-state index in [4.69, 9.17) is 4.42 Å². The number of furan rings is 1. The molecule has 2 aromatic heterocycles. The first-order chi connectivity index (χ1) is 10.3. The highest BCUT2D eigenvalue weighted by Crippen LogP contribution is 2.27. The molecule has 0 fully saturated rings. The topological polar surface area (TPSA) is 38.1 Å². The van der Waals surface area contributed by atoms with Gasteiger partial charge >= 0.3 is 0 Å².